The Labute approximate surface area is 120 Å². The smallest absolute Gasteiger partial charge is 0.410 e. The molecule has 0 aromatic heterocycles. The lowest BCUT2D eigenvalue weighted by atomic mass is 9.87. The number of morpholine rings is 1. The molecule has 6 heteroatoms. The zero-order chi connectivity index (χ0) is 14.8. The highest BCUT2D eigenvalue weighted by molar-refractivity contribution is 5.69. The molecule has 0 aromatic carbocycles. The number of hydrogen-bond acceptors (Lipinski definition) is 5. The van der Waals surface area contributed by atoms with E-state index in [4.69, 9.17) is 19.9 Å². The van der Waals surface area contributed by atoms with Crippen LogP contribution in [-0.2, 0) is 14.2 Å². The molecule has 1 atom stereocenters. The van der Waals surface area contributed by atoms with Gasteiger partial charge in [0.15, 0.2) is 0 Å². The summed E-state index contributed by atoms with van der Waals surface area (Å²) in [5.41, 5.74) is 4.88. The Hall–Kier alpha value is -0.850. The second-order valence-corrected chi connectivity index (χ2v) is 6.60. The van der Waals surface area contributed by atoms with Crippen molar-refractivity contribution in [3.8, 4) is 0 Å². The topological polar surface area (TPSA) is 74.0 Å². The molecule has 116 valence electrons. The minimum absolute atomic E-state index is 0.115. The fourth-order valence-corrected chi connectivity index (χ4v) is 2.69. The van der Waals surface area contributed by atoms with E-state index in [0.29, 0.717) is 32.9 Å². The molecule has 2 N–H and O–H groups in total. The van der Waals surface area contributed by atoms with Crippen LogP contribution in [0.4, 0.5) is 4.79 Å². The lowest BCUT2D eigenvalue weighted by Gasteiger charge is -2.50. The molecule has 0 saturated carbocycles. The van der Waals surface area contributed by atoms with E-state index in [1.165, 1.54) is 0 Å². The Morgan fingerprint density at radius 2 is 2.05 bits per heavy atom. The van der Waals surface area contributed by atoms with Gasteiger partial charge >= 0.3 is 6.09 Å². The van der Waals surface area contributed by atoms with Gasteiger partial charge in [0.05, 0.1) is 24.8 Å². The molecule has 2 saturated heterocycles. The van der Waals surface area contributed by atoms with Crippen LogP contribution in [0.3, 0.4) is 0 Å². The molecule has 20 heavy (non-hydrogen) atoms. The molecule has 2 heterocycles. The quantitative estimate of drug-likeness (QED) is 0.782. The van der Waals surface area contributed by atoms with Crippen molar-refractivity contribution < 1.29 is 19.0 Å². The standard InChI is InChI=1S/C14H26N2O4/c1-13(2,3)20-12(17)16-9-11(8-15)19-10-14(16)4-6-18-7-5-14/h11H,4-10,15H2,1-3H3. The van der Waals surface area contributed by atoms with Gasteiger partial charge in [0.2, 0.25) is 0 Å². The molecule has 0 bridgehead atoms. The summed E-state index contributed by atoms with van der Waals surface area (Å²) in [5.74, 6) is 0. The van der Waals surface area contributed by atoms with Crippen molar-refractivity contribution in [1.82, 2.24) is 4.90 Å². The van der Waals surface area contributed by atoms with Crippen LogP contribution >= 0.6 is 0 Å². The Morgan fingerprint density at radius 1 is 1.40 bits per heavy atom. The van der Waals surface area contributed by atoms with Crippen molar-refractivity contribution in [2.24, 2.45) is 5.73 Å². The molecule has 2 aliphatic heterocycles. The van der Waals surface area contributed by atoms with Gasteiger partial charge < -0.3 is 19.9 Å². The first-order chi connectivity index (χ1) is 9.36. The van der Waals surface area contributed by atoms with Gasteiger partial charge in [-0.3, -0.25) is 4.90 Å². The average molecular weight is 286 g/mol. The first-order valence-electron chi connectivity index (χ1n) is 7.26. The largest absolute Gasteiger partial charge is 0.444 e. The highest BCUT2D eigenvalue weighted by atomic mass is 16.6. The van der Waals surface area contributed by atoms with E-state index < -0.39 is 5.60 Å². The minimum Gasteiger partial charge on any atom is -0.444 e. The molecule has 6 nitrogen and oxygen atoms in total. The van der Waals surface area contributed by atoms with Crippen LogP contribution in [0.2, 0.25) is 0 Å². The molecule has 0 aromatic rings. The summed E-state index contributed by atoms with van der Waals surface area (Å²) >= 11 is 0. The minimum atomic E-state index is -0.500. The normalized spacial score (nSPS) is 26.6. The predicted molar refractivity (Wildman–Crippen MR) is 74.5 cm³/mol. The van der Waals surface area contributed by atoms with Gasteiger partial charge in [0.1, 0.15) is 5.60 Å². The molecule has 1 amide bonds. The van der Waals surface area contributed by atoms with Crippen LogP contribution < -0.4 is 5.73 Å². The molecule has 2 fully saturated rings. The maximum absolute atomic E-state index is 12.5. The van der Waals surface area contributed by atoms with Crippen molar-refractivity contribution in [3.05, 3.63) is 0 Å². The van der Waals surface area contributed by atoms with Crippen LogP contribution in [0.1, 0.15) is 33.6 Å². The monoisotopic (exact) mass is 286 g/mol. The maximum Gasteiger partial charge on any atom is 0.410 e. The van der Waals surface area contributed by atoms with Gasteiger partial charge in [-0.25, -0.2) is 4.79 Å². The summed E-state index contributed by atoms with van der Waals surface area (Å²) in [7, 11) is 0. The van der Waals surface area contributed by atoms with Gasteiger partial charge in [-0.2, -0.15) is 0 Å². The van der Waals surface area contributed by atoms with Crippen molar-refractivity contribution >= 4 is 6.09 Å². The van der Waals surface area contributed by atoms with Gasteiger partial charge in [0.25, 0.3) is 0 Å². The number of rotatable bonds is 1. The van der Waals surface area contributed by atoms with Crippen molar-refractivity contribution in [3.63, 3.8) is 0 Å². The number of carbonyl (C=O) groups excluding carboxylic acids is 1. The zero-order valence-electron chi connectivity index (χ0n) is 12.7. The Kier molecular flexibility index (Phi) is 4.56. The number of amides is 1. The third kappa shape index (κ3) is 3.42. The fourth-order valence-electron chi connectivity index (χ4n) is 2.69. The summed E-state index contributed by atoms with van der Waals surface area (Å²) in [6, 6.07) is 0. The zero-order valence-corrected chi connectivity index (χ0v) is 12.7. The third-order valence-corrected chi connectivity index (χ3v) is 3.85. The SMILES string of the molecule is CC(C)(C)OC(=O)N1CC(CN)OCC12CCOCC2. The van der Waals surface area contributed by atoms with Crippen LogP contribution in [0.25, 0.3) is 0 Å². The summed E-state index contributed by atoms with van der Waals surface area (Å²) in [6.07, 6.45) is 1.17. The average Bonchev–Trinajstić information content (AvgIpc) is 2.38. The molecule has 1 unspecified atom stereocenters. The molecule has 2 aliphatic rings. The lowest BCUT2D eigenvalue weighted by Crippen LogP contribution is -2.64. The first-order valence-corrected chi connectivity index (χ1v) is 7.26. The number of ether oxygens (including phenoxy) is 3. The highest BCUT2D eigenvalue weighted by Crippen LogP contribution is 2.33. The summed E-state index contributed by atoms with van der Waals surface area (Å²) in [4.78, 5) is 14.3. The number of hydrogen-bond donors (Lipinski definition) is 1. The molecule has 0 radical (unpaired) electrons. The van der Waals surface area contributed by atoms with E-state index in [-0.39, 0.29) is 17.7 Å². The fraction of sp³-hybridized carbons (Fsp3) is 0.929. The third-order valence-electron chi connectivity index (χ3n) is 3.85. The van der Waals surface area contributed by atoms with Crippen molar-refractivity contribution in [2.75, 3.05) is 32.9 Å². The molecular formula is C14H26N2O4. The predicted octanol–water partition coefficient (Wildman–Crippen LogP) is 1.13. The van der Waals surface area contributed by atoms with Gasteiger partial charge in [-0.1, -0.05) is 0 Å². The number of nitrogens with two attached hydrogens (primary N) is 1. The molecule has 1 spiro atoms. The van der Waals surface area contributed by atoms with Gasteiger partial charge in [0, 0.05) is 19.8 Å². The van der Waals surface area contributed by atoms with E-state index in [1.807, 2.05) is 25.7 Å². The van der Waals surface area contributed by atoms with E-state index in [1.54, 1.807) is 0 Å². The van der Waals surface area contributed by atoms with E-state index in [0.717, 1.165) is 12.8 Å². The van der Waals surface area contributed by atoms with Gasteiger partial charge in [-0.05, 0) is 33.6 Å². The van der Waals surface area contributed by atoms with Crippen LogP contribution in [0.5, 0.6) is 0 Å². The van der Waals surface area contributed by atoms with Crippen LogP contribution in [-0.4, -0.2) is 61.1 Å². The van der Waals surface area contributed by atoms with Crippen molar-refractivity contribution in [1.29, 1.82) is 0 Å². The van der Waals surface area contributed by atoms with Gasteiger partial charge in [-0.15, -0.1) is 0 Å². The second kappa shape index (κ2) is 5.87. The number of carbonyl (C=O) groups is 1. The maximum atomic E-state index is 12.5. The lowest BCUT2D eigenvalue weighted by molar-refractivity contribution is -0.137. The van der Waals surface area contributed by atoms with E-state index >= 15 is 0 Å². The summed E-state index contributed by atoms with van der Waals surface area (Å²) < 4.78 is 16.8. The summed E-state index contributed by atoms with van der Waals surface area (Å²) in [6.45, 7) is 8.34. The molecule has 0 aliphatic carbocycles. The molecule has 2 rings (SSSR count). The molecular weight excluding hydrogens is 260 g/mol. The van der Waals surface area contributed by atoms with E-state index in [2.05, 4.69) is 0 Å². The second-order valence-electron chi connectivity index (χ2n) is 6.60. The highest BCUT2D eigenvalue weighted by Gasteiger charge is 2.47. The van der Waals surface area contributed by atoms with Crippen LogP contribution in [0, 0.1) is 0 Å². The van der Waals surface area contributed by atoms with Crippen LogP contribution in [0.15, 0.2) is 0 Å². The first kappa shape index (κ1) is 15.5. The Balaban J connectivity index is 2.15. The number of nitrogens with zero attached hydrogens (tertiary/aromatic N) is 1. The summed E-state index contributed by atoms with van der Waals surface area (Å²) in [5, 5.41) is 0. The Morgan fingerprint density at radius 3 is 2.60 bits per heavy atom. The Bertz CT molecular complexity index is 348. The van der Waals surface area contributed by atoms with E-state index in [9.17, 15) is 4.79 Å². The van der Waals surface area contributed by atoms with Crippen molar-refractivity contribution in [2.45, 2.75) is 50.9 Å².